The predicted octanol–water partition coefficient (Wildman–Crippen LogP) is 1.28. The second kappa shape index (κ2) is 6.76. The number of nitrogens with zero attached hydrogens (tertiary/aromatic N) is 1. The molecule has 0 saturated carbocycles. The van der Waals surface area contributed by atoms with Crippen LogP contribution in [0.25, 0.3) is 0 Å². The van der Waals surface area contributed by atoms with Gasteiger partial charge in [-0.2, -0.15) is 0 Å². The van der Waals surface area contributed by atoms with Crippen LogP contribution in [0.4, 0.5) is 0 Å². The van der Waals surface area contributed by atoms with Crippen LogP contribution in [0.3, 0.4) is 0 Å². The molecule has 0 radical (unpaired) electrons. The monoisotopic (exact) mass is 251 g/mol. The van der Waals surface area contributed by atoms with Crippen molar-refractivity contribution >= 4 is 11.8 Å². The molecule has 0 unspecified atom stereocenters. The highest BCUT2D eigenvalue weighted by Crippen LogP contribution is 2.13. The Hall–Kier alpha value is -1.88. The topological polar surface area (TPSA) is 66.8 Å². The summed E-state index contributed by atoms with van der Waals surface area (Å²) in [4.78, 5) is 24.0. The van der Waals surface area contributed by atoms with E-state index in [1.807, 2.05) is 0 Å². The summed E-state index contributed by atoms with van der Waals surface area (Å²) in [6.07, 6.45) is 0.0297. The second-order valence-electron chi connectivity index (χ2n) is 4.04. The highest BCUT2D eigenvalue weighted by atomic mass is 16.5. The molecule has 0 bridgehead atoms. The summed E-state index contributed by atoms with van der Waals surface area (Å²) in [5.74, 6) is -0.286. The van der Waals surface area contributed by atoms with Gasteiger partial charge in [0.2, 0.25) is 0 Å². The molecule has 5 heteroatoms. The van der Waals surface area contributed by atoms with E-state index in [1.165, 1.54) is 0 Å². The molecule has 0 aliphatic heterocycles. The quantitative estimate of drug-likeness (QED) is 0.739. The zero-order chi connectivity index (χ0) is 13.5. The van der Waals surface area contributed by atoms with Gasteiger partial charge >= 0.3 is 5.97 Å². The number of ether oxygens (including phenoxy) is 1. The Morgan fingerprint density at radius 1 is 1.39 bits per heavy atom. The number of carboxylic acid groups (broad SMARTS) is 1. The number of aliphatic carboxylic acids is 1. The number of carboxylic acids is 1. The molecule has 18 heavy (non-hydrogen) atoms. The maximum absolute atomic E-state index is 11.9. The average Bonchev–Trinajstić information content (AvgIpc) is 2.36. The molecule has 0 saturated heterocycles. The number of likely N-dealkylation sites (N-methyl/N-ethyl adjacent to an activating group) is 1. The first-order valence-electron chi connectivity index (χ1n) is 5.60. The van der Waals surface area contributed by atoms with Crippen molar-refractivity contribution in [2.45, 2.75) is 6.42 Å². The zero-order valence-corrected chi connectivity index (χ0v) is 10.5. The lowest BCUT2D eigenvalue weighted by Crippen LogP contribution is -2.28. The Balaban J connectivity index is 2.56. The molecule has 1 rings (SSSR count). The molecule has 5 nitrogen and oxygen atoms in total. The summed E-state index contributed by atoms with van der Waals surface area (Å²) in [7, 11) is 3.27. The Morgan fingerprint density at radius 3 is 2.72 bits per heavy atom. The van der Waals surface area contributed by atoms with Crippen LogP contribution in [0.15, 0.2) is 24.3 Å². The van der Waals surface area contributed by atoms with E-state index in [4.69, 9.17) is 9.84 Å². The standard InChI is InChI=1S/C13H17NO4/c1-14(7-6-13(16)17)9-12(15)10-4-3-5-11(8-10)18-2/h3-5,8H,6-7,9H2,1-2H3,(H,16,17). The van der Waals surface area contributed by atoms with Gasteiger partial charge in [-0.15, -0.1) is 0 Å². The molecule has 0 atom stereocenters. The normalized spacial score (nSPS) is 10.4. The molecule has 1 aromatic carbocycles. The average molecular weight is 251 g/mol. The van der Waals surface area contributed by atoms with Crippen molar-refractivity contribution in [1.82, 2.24) is 4.90 Å². The van der Waals surface area contributed by atoms with E-state index in [1.54, 1.807) is 43.3 Å². The lowest BCUT2D eigenvalue weighted by Gasteiger charge is -2.14. The molecule has 1 aromatic rings. The fraction of sp³-hybridized carbons (Fsp3) is 0.385. The van der Waals surface area contributed by atoms with E-state index in [9.17, 15) is 9.59 Å². The van der Waals surface area contributed by atoms with Gasteiger partial charge in [-0.25, -0.2) is 0 Å². The molecule has 0 aliphatic rings. The lowest BCUT2D eigenvalue weighted by atomic mass is 10.1. The van der Waals surface area contributed by atoms with Gasteiger partial charge < -0.3 is 9.84 Å². The van der Waals surface area contributed by atoms with Crippen molar-refractivity contribution in [2.24, 2.45) is 0 Å². The van der Waals surface area contributed by atoms with Gasteiger partial charge in [0.1, 0.15) is 5.75 Å². The third-order valence-corrected chi connectivity index (χ3v) is 2.51. The summed E-state index contributed by atoms with van der Waals surface area (Å²) in [5.41, 5.74) is 0.566. The van der Waals surface area contributed by atoms with Crippen LogP contribution in [0.2, 0.25) is 0 Å². The number of hydrogen-bond donors (Lipinski definition) is 1. The second-order valence-corrected chi connectivity index (χ2v) is 4.04. The number of benzene rings is 1. The van der Waals surface area contributed by atoms with Gasteiger partial charge in [-0.05, 0) is 19.2 Å². The largest absolute Gasteiger partial charge is 0.497 e. The molecule has 0 fully saturated rings. The van der Waals surface area contributed by atoms with Gasteiger partial charge in [0.15, 0.2) is 5.78 Å². The maximum Gasteiger partial charge on any atom is 0.304 e. The molecule has 0 aromatic heterocycles. The van der Waals surface area contributed by atoms with Crippen molar-refractivity contribution in [2.75, 3.05) is 27.2 Å². The minimum absolute atomic E-state index is 0.0297. The van der Waals surface area contributed by atoms with Crippen molar-refractivity contribution in [3.05, 3.63) is 29.8 Å². The first-order valence-corrected chi connectivity index (χ1v) is 5.60. The Kier molecular flexibility index (Phi) is 5.32. The first-order chi connectivity index (χ1) is 8.52. The molecule has 0 aliphatic carbocycles. The van der Waals surface area contributed by atoms with Crippen molar-refractivity contribution in [3.8, 4) is 5.75 Å². The zero-order valence-electron chi connectivity index (χ0n) is 10.5. The molecule has 0 spiro atoms. The van der Waals surface area contributed by atoms with Crippen molar-refractivity contribution in [3.63, 3.8) is 0 Å². The van der Waals surface area contributed by atoms with E-state index in [0.717, 1.165) is 0 Å². The van der Waals surface area contributed by atoms with Crippen LogP contribution in [-0.4, -0.2) is 49.0 Å². The number of hydrogen-bond acceptors (Lipinski definition) is 4. The predicted molar refractivity (Wildman–Crippen MR) is 67.1 cm³/mol. The molecule has 1 N–H and O–H groups in total. The van der Waals surface area contributed by atoms with E-state index < -0.39 is 5.97 Å². The van der Waals surface area contributed by atoms with Gasteiger partial charge in [0.25, 0.3) is 0 Å². The van der Waals surface area contributed by atoms with E-state index in [2.05, 4.69) is 0 Å². The first kappa shape index (κ1) is 14.2. The number of rotatable bonds is 7. The number of carbonyl (C=O) groups is 2. The maximum atomic E-state index is 11.9. The van der Waals surface area contributed by atoms with Crippen LogP contribution < -0.4 is 4.74 Å². The molecule has 0 amide bonds. The number of ketones is 1. The van der Waals surface area contributed by atoms with Gasteiger partial charge in [0, 0.05) is 12.1 Å². The van der Waals surface area contributed by atoms with Crippen molar-refractivity contribution in [1.29, 1.82) is 0 Å². The summed E-state index contributed by atoms with van der Waals surface area (Å²) < 4.78 is 5.05. The van der Waals surface area contributed by atoms with Crippen LogP contribution in [0.1, 0.15) is 16.8 Å². The number of methoxy groups -OCH3 is 1. The van der Waals surface area contributed by atoms with Crippen molar-refractivity contribution < 1.29 is 19.4 Å². The van der Waals surface area contributed by atoms with Crippen LogP contribution in [0, 0.1) is 0 Å². The highest BCUT2D eigenvalue weighted by molar-refractivity contribution is 5.97. The van der Waals surface area contributed by atoms with Gasteiger partial charge in [0.05, 0.1) is 20.1 Å². The summed E-state index contributed by atoms with van der Waals surface area (Å²) in [6.45, 7) is 0.547. The Labute approximate surface area is 106 Å². The molecular weight excluding hydrogens is 234 g/mol. The Morgan fingerprint density at radius 2 is 2.11 bits per heavy atom. The van der Waals surface area contributed by atoms with Crippen LogP contribution in [0.5, 0.6) is 5.75 Å². The summed E-state index contributed by atoms with van der Waals surface area (Å²) in [5, 5.41) is 8.55. The minimum atomic E-state index is -0.865. The minimum Gasteiger partial charge on any atom is -0.497 e. The van der Waals surface area contributed by atoms with Gasteiger partial charge in [-0.1, -0.05) is 12.1 Å². The summed E-state index contributed by atoms with van der Waals surface area (Å²) in [6, 6.07) is 6.91. The van der Waals surface area contributed by atoms with Gasteiger partial charge in [-0.3, -0.25) is 14.5 Å². The lowest BCUT2D eigenvalue weighted by molar-refractivity contribution is -0.137. The highest BCUT2D eigenvalue weighted by Gasteiger charge is 2.11. The fourth-order valence-corrected chi connectivity index (χ4v) is 1.50. The number of Topliss-reactive ketones (excluding diaryl/α,β-unsaturated/α-hetero) is 1. The Bertz CT molecular complexity index is 431. The van der Waals surface area contributed by atoms with Crippen LogP contribution >= 0.6 is 0 Å². The number of carbonyl (C=O) groups excluding carboxylic acids is 1. The van der Waals surface area contributed by atoms with Crippen LogP contribution in [-0.2, 0) is 4.79 Å². The third-order valence-electron chi connectivity index (χ3n) is 2.51. The smallest absolute Gasteiger partial charge is 0.304 e. The molecule has 0 heterocycles. The fourth-order valence-electron chi connectivity index (χ4n) is 1.50. The SMILES string of the molecule is COc1cccc(C(=O)CN(C)CCC(=O)O)c1. The van der Waals surface area contributed by atoms with E-state index >= 15 is 0 Å². The van der Waals surface area contributed by atoms with E-state index in [-0.39, 0.29) is 18.7 Å². The van der Waals surface area contributed by atoms with E-state index in [0.29, 0.717) is 17.9 Å². The molecular formula is C13H17NO4. The summed E-state index contributed by atoms with van der Waals surface area (Å²) >= 11 is 0. The third kappa shape index (κ3) is 4.55. The molecule has 98 valence electrons.